The van der Waals surface area contributed by atoms with Crippen LogP contribution in [0.1, 0.15) is 20.3 Å². The Bertz CT molecular complexity index is 209. The molecule has 88 valence electrons. The maximum Gasteiger partial charge on any atom is 0.219 e. The minimum Gasteiger partial charge on any atom is -0.395 e. The first-order valence-corrected chi connectivity index (χ1v) is 5.76. The Labute approximate surface area is 91.9 Å². The average Bonchev–Trinajstić information content (AvgIpc) is 2.65. The summed E-state index contributed by atoms with van der Waals surface area (Å²) in [6.07, 6.45) is 1.10. The predicted molar refractivity (Wildman–Crippen MR) is 59.6 cm³/mol. The highest BCUT2D eigenvalue weighted by Crippen LogP contribution is 2.17. The van der Waals surface area contributed by atoms with Gasteiger partial charge in [-0.2, -0.15) is 0 Å². The molecule has 0 aliphatic carbocycles. The van der Waals surface area contributed by atoms with Crippen molar-refractivity contribution in [2.24, 2.45) is 5.92 Å². The van der Waals surface area contributed by atoms with E-state index in [4.69, 9.17) is 5.11 Å². The molecule has 1 atom stereocenters. The molecule has 0 radical (unpaired) electrons. The number of aliphatic hydroxyl groups excluding tert-OH is 1. The molecule has 0 bridgehead atoms. The van der Waals surface area contributed by atoms with Crippen molar-refractivity contribution in [2.75, 3.05) is 39.3 Å². The number of nitrogens with zero attached hydrogens (tertiary/aromatic N) is 2. The topological polar surface area (TPSA) is 43.8 Å². The van der Waals surface area contributed by atoms with Crippen LogP contribution < -0.4 is 0 Å². The molecule has 4 heteroatoms. The second kappa shape index (κ2) is 6.08. The Hall–Kier alpha value is -0.610. The van der Waals surface area contributed by atoms with Gasteiger partial charge in [-0.15, -0.1) is 0 Å². The second-order valence-electron chi connectivity index (χ2n) is 4.24. The molecule has 4 nitrogen and oxygen atoms in total. The number of amides is 1. The van der Waals surface area contributed by atoms with Gasteiger partial charge in [0.1, 0.15) is 0 Å². The molecule has 1 unspecified atom stereocenters. The number of rotatable bonds is 5. The summed E-state index contributed by atoms with van der Waals surface area (Å²) in [4.78, 5) is 15.3. The molecule has 1 amide bonds. The van der Waals surface area contributed by atoms with E-state index in [1.54, 1.807) is 6.92 Å². The minimum atomic E-state index is 0.183. The largest absolute Gasteiger partial charge is 0.395 e. The van der Waals surface area contributed by atoms with Gasteiger partial charge in [0.05, 0.1) is 6.61 Å². The van der Waals surface area contributed by atoms with E-state index in [-0.39, 0.29) is 12.5 Å². The van der Waals surface area contributed by atoms with Gasteiger partial charge in [0.15, 0.2) is 0 Å². The van der Waals surface area contributed by atoms with Crippen molar-refractivity contribution in [3.05, 3.63) is 0 Å². The lowest BCUT2D eigenvalue weighted by Gasteiger charge is -2.23. The predicted octanol–water partition coefficient (Wildman–Crippen LogP) is 0.169. The third kappa shape index (κ3) is 3.80. The number of hydrogen-bond acceptors (Lipinski definition) is 3. The van der Waals surface area contributed by atoms with E-state index in [1.807, 2.05) is 4.90 Å². The summed E-state index contributed by atoms with van der Waals surface area (Å²) in [7, 11) is 0. The van der Waals surface area contributed by atoms with Crippen molar-refractivity contribution in [1.82, 2.24) is 9.80 Å². The normalized spacial score (nSPS) is 21.3. The molecule has 0 aromatic carbocycles. The number of likely N-dealkylation sites (N-methyl/N-ethyl adjacent to an activating group) is 1. The van der Waals surface area contributed by atoms with E-state index in [9.17, 15) is 4.79 Å². The molecular formula is C11H22N2O2. The van der Waals surface area contributed by atoms with Gasteiger partial charge in [-0.05, 0) is 18.9 Å². The van der Waals surface area contributed by atoms with Gasteiger partial charge >= 0.3 is 0 Å². The molecule has 0 spiro atoms. The average molecular weight is 214 g/mol. The molecule has 1 heterocycles. The minimum absolute atomic E-state index is 0.183. The molecule has 1 fully saturated rings. The van der Waals surface area contributed by atoms with Crippen molar-refractivity contribution < 1.29 is 9.90 Å². The lowest BCUT2D eigenvalue weighted by molar-refractivity contribution is -0.127. The van der Waals surface area contributed by atoms with Gasteiger partial charge in [-0.3, -0.25) is 4.79 Å². The highest BCUT2D eigenvalue weighted by molar-refractivity contribution is 5.73. The Kier molecular flexibility index (Phi) is 5.05. The number of carbonyl (C=O) groups is 1. The third-order valence-corrected chi connectivity index (χ3v) is 3.11. The zero-order valence-electron chi connectivity index (χ0n) is 9.78. The van der Waals surface area contributed by atoms with E-state index in [1.165, 1.54) is 0 Å². The fourth-order valence-electron chi connectivity index (χ4n) is 2.15. The van der Waals surface area contributed by atoms with Gasteiger partial charge in [-0.25, -0.2) is 0 Å². The monoisotopic (exact) mass is 214 g/mol. The highest BCUT2D eigenvalue weighted by atomic mass is 16.3. The first-order chi connectivity index (χ1) is 7.17. The Balaban J connectivity index is 2.30. The molecule has 0 saturated carbocycles. The molecule has 1 aliphatic heterocycles. The summed E-state index contributed by atoms with van der Waals surface area (Å²) in [6.45, 7) is 8.46. The first kappa shape index (κ1) is 12.5. The quantitative estimate of drug-likeness (QED) is 0.709. The first-order valence-electron chi connectivity index (χ1n) is 5.76. The summed E-state index contributed by atoms with van der Waals surface area (Å²) in [5.74, 6) is 0.767. The van der Waals surface area contributed by atoms with Crippen LogP contribution in [0.2, 0.25) is 0 Å². The van der Waals surface area contributed by atoms with Gasteiger partial charge in [0.25, 0.3) is 0 Å². The third-order valence-electron chi connectivity index (χ3n) is 3.11. The number of aliphatic hydroxyl groups is 1. The molecular weight excluding hydrogens is 192 g/mol. The smallest absolute Gasteiger partial charge is 0.219 e. The summed E-state index contributed by atoms with van der Waals surface area (Å²) < 4.78 is 0. The van der Waals surface area contributed by atoms with Crippen LogP contribution in [0.15, 0.2) is 0 Å². The fourth-order valence-corrected chi connectivity index (χ4v) is 2.15. The van der Waals surface area contributed by atoms with Crippen LogP contribution in [0.4, 0.5) is 0 Å². The molecule has 1 saturated heterocycles. The lowest BCUT2D eigenvalue weighted by Crippen LogP contribution is -2.34. The number of hydrogen-bond donors (Lipinski definition) is 1. The Morgan fingerprint density at radius 1 is 1.60 bits per heavy atom. The standard InChI is InChI=1S/C11H22N2O2/c1-3-12(6-7-14)8-11-4-5-13(9-11)10(2)15/h11,14H,3-9H2,1-2H3. The van der Waals surface area contributed by atoms with Gasteiger partial charge in [0.2, 0.25) is 5.91 Å². The zero-order valence-corrected chi connectivity index (χ0v) is 9.78. The molecule has 0 aromatic rings. The van der Waals surface area contributed by atoms with Crippen molar-refractivity contribution in [2.45, 2.75) is 20.3 Å². The van der Waals surface area contributed by atoms with E-state index < -0.39 is 0 Å². The van der Waals surface area contributed by atoms with Crippen molar-refractivity contribution >= 4 is 5.91 Å². The molecule has 1 rings (SSSR count). The second-order valence-corrected chi connectivity index (χ2v) is 4.24. The summed E-state index contributed by atoms with van der Waals surface area (Å²) in [5.41, 5.74) is 0. The molecule has 0 aromatic heterocycles. The number of likely N-dealkylation sites (tertiary alicyclic amines) is 1. The van der Waals surface area contributed by atoms with E-state index in [0.29, 0.717) is 5.92 Å². The van der Waals surface area contributed by atoms with Gasteiger partial charge < -0.3 is 14.9 Å². The van der Waals surface area contributed by atoms with Crippen LogP contribution in [-0.2, 0) is 4.79 Å². The van der Waals surface area contributed by atoms with Crippen molar-refractivity contribution in [3.63, 3.8) is 0 Å². The van der Waals surface area contributed by atoms with E-state index >= 15 is 0 Å². The van der Waals surface area contributed by atoms with Crippen molar-refractivity contribution in [1.29, 1.82) is 0 Å². The summed E-state index contributed by atoms with van der Waals surface area (Å²) >= 11 is 0. The van der Waals surface area contributed by atoms with Gasteiger partial charge in [-0.1, -0.05) is 6.92 Å². The van der Waals surface area contributed by atoms with E-state index in [0.717, 1.165) is 39.1 Å². The maximum atomic E-state index is 11.1. The SMILES string of the molecule is CCN(CCO)CC1CCN(C(C)=O)C1. The van der Waals surface area contributed by atoms with Crippen LogP contribution in [0.5, 0.6) is 0 Å². The fraction of sp³-hybridized carbons (Fsp3) is 0.909. The Morgan fingerprint density at radius 3 is 2.80 bits per heavy atom. The summed E-state index contributed by atoms with van der Waals surface area (Å²) in [6, 6.07) is 0. The zero-order chi connectivity index (χ0) is 11.3. The van der Waals surface area contributed by atoms with Crippen molar-refractivity contribution in [3.8, 4) is 0 Å². The van der Waals surface area contributed by atoms with Crippen LogP contribution in [0, 0.1) is 5.92 Å². The number of carbonyl (C=O) groups excluding carboxylic acids is 1. The highest BCUT2D eigenvalue weighted by Gasteiger charge is 2.25. The van der Waals surface area contributed by atoms with Crippen LogP contribution in [0.3, 0.4) is 0 Å². The molecule has 15 heavy (non-hydrogen) atoms. The lowest BCUT2D eigenvalue weighted by atomic mass is 10.1. The maximum absolute atomic E-state index is 11.1. The van der Waals surface area contributed by atoms with Crippen LogP contribution in [-0.4, -0.2) is 60.1 Å². The molecule has 1 N–H and O–H groups in total. The van der Waals surface area contributed by atoms with Crippen LogP contribution in [0.25, 0.3) is 0 Å². The molecule has 1 aliphatic rings. The van der Waals surface area contributed by atoms with Crippen LogP contribution >= 0.6 is 0 Å². The van der Waals surface area contributed by atoms with Gasteiger partial charge in [0, 0.05) is 33.1 Å². The summed E-state index contributed by atoms with van der Waals surface area (Å²) in [5, 5.41) is 8.88. The van der Waals surface area contributed by atoms with E-state index in [2.05, 4.69) is 11.8 Å². The Morgan fingerprint density at radius 2 is 2.33 bits per heavy atom.